The Morgan fingerprint density at radius 2 is 1.85 bits per heavy atom. The predicted molar refractivity (Wildman–Crippen MR) is 130 cm³/mol. The zero-order valence-corrected chi connectivity index (χ0v) is 19.5. The van der Waals surface area contributed by atoms with Crippen molar-refractivity contribution in [1.29, 1.82) is 0 Å². The molecule has 0 aliphatic rings. The molecule has 5 nitrogen and oxygen atoms in total. The molecule has 0 N–H and O–H groups in total. The summed E-state index contributed by atoms with van der Waals surface area (Å²) in [6.07, 6.45) is 1.61. The fourth-order valence-corrected chi connectivity index (χ4v) is 4.01. The number of hydrogen-bond acceptors (Lipinski definition) is 5. The lowest BCUT2D eigenvalue weighted by molar-refractivity contribution is 0.412. The molecule has 0 radical (unpaired) electrons. The Bertz CT molecular complexity index is 1510. The molecule has 2 aromatic heterocycles. The van der Waals surface area contributed by atoms with Crippen LogP contribution in [0.4, 0.5) is 10.1 Å². The van der Waals surface area contributed by atoms with Crippen LogP contribution in [-0.2, 0) is 0 Å². The highest BCUT2D eigenvalue weighted by molar-refractivity contribution is 9.10. The highest BCUT2D eigenvalue weighted by Crippen LogP contribution is 2.32. The van der Waals surface area contributed by atoms with Gasteiger partial charge in [0.15, 0.2) is 5.58 Å². The van der Waals surface area contributed by atoms with Crippen molar-refractivity contribution >= 4 is 50.5 Å². The summed E-state index contributed by atoms with van der Waals surface area (Å²) in [5.74, 6) is 1.88. The van der Waals surface area contributed by atoms with E-state index < -0.39 is 5.82 Å². The van der Waals surface area contributed by atoms with Crippen molar-refractivity contribution in [3.63, 3.8) is 0 Å². The topological polar surface area (TPSA) is 60.8 Å². The summed E-state index contributed by atoms with van der Waals surface area (Å²) in [5, 5.41) is 0.0430. The van der Waals surface area contributed by atoms with Crippen molar-refractivity contribution in [2.45, 2.75) is 0 Å². The second kappa shape index (κ2) is 8.84. The Hall–Kier alpha value is -3.42. The molecule has 0 saturated carbocycles. The first-order valence-electron chi connectivity index (χ1n) is 9.84. The summed E-state index contributed by atoms with van der Waals surface area (Å²) >= 11 is 9.34. The molecule has 0 atom stereocenters. The standard InChI is InChI=1S/C25H15BrClFN2O3/c1-31-23-7-3-15(10-18(23)26)25-30-21-12-16(4-8-24(21)33-25)29-13-17-5-9-22(32-17)14-2-6-20(28)19(27)11-14/h2-13H,1H3. The molecule has 0 unspecified atom stereocenters. The van der Waals surface area contributed by atoms with Gasteiger partial charge in [0.2, 0.25) is 5.89 Å². The first-order valence-corrected chi connectivity index (χ1v) is 11.0. The number of halogens is 3. The first kappa shape index (κ1) is 21.4. The highest BCUT2D eigenvalue weighted by Gasteiger charge is 2.11. The van der Waals surface area contributed by atoms with Crippen molar-refractivity contribution < 1.29 is 18.0 Å². The molecule has 33 heavy (non-hydrogen) atoms. The van der Waals surface area contributed by atoms with Gasteiger partial charge in [0.1, 0.15) is 28.6 Å². The lowest BCUT2D eigenvalue weighted by atomic mass is 10.2. The molecule has 2 heterocycles. The zero-order chi connectivity index (χ0) is 22.9. The summed E-state index contributed by atoms with van der Waals surface area (Å²) in [4.78, 5) is 9.06. The Morgan fingerprint density at radius 1 is 1.00 bits per heavy atom. The largest absolute Gasteiger partial charge is 0.496 e. The van der Waals surface area contributed by atoms with Gasteiger partial charge < -0.3 is 13.6 Å². The summed E-state index contributed by atoms with van der Waals surface area (Å²) in [7, 11) is 1.61. The molecule has 5 aromatic rings. The van der Waals surface area contributed by atoms with Crippen LogP contribution in [0.5, 0.6) is 5.75 Å². The number of furan rings is 1. The maximum atomic E-state index is 13.4. The molecular formula is C25H15BrClFN2O3. The maximum Gasteiger partial charge on any atom is 0.227 e. The van der Waals surface area contributed by atoms with Gasteiger partial charge in [-0.15, -0.1) is 0 Å². The number of aliphatic imine (C=N–C) groups is 1. The number of ether oxygens (including phenoxy) is 1. The second-order valence-electron chi connectivity index (χ2n) is 7.11. The van der Waals surface area contributed by atoms with Gasteiger partial charge in [0.25, 0.3) is 0 Å². The third kappa shape index (κ3) is 4.42. The van der Waals surface area contributed by atoms with Crippen molar-refractivity contribution in [3.8, 4) is 28.5 Å². The highest BCUT2D eigenvalue weighted by atomic mass is 79.9. The second-order valence-corrected chi connectivity index (χ2v) is 8.37. The predicted octanol–water partition coefficient (Wildman–Crippen LogP) is 8.07. The molecule has 0 aliphatic heterocycles. The lowest BCUT2D eigenvalue weighted by Gasteiger charge is -2.03. The number of methoxy groups -OCH3 is 1. The van der Waals surface area contributed by atoms with Gasteiger partial charge in [-0.1, -0.05) is 11.6 Å². The maximum absolute atomic E-state index is 13.4. The van der Waals surface area contributed by atoms with E-state index in [1.54, 1.807) is 31.5 Å². The van der Waals surface area contributed by atoms with Crippen molar-refractivity contribution in [3.05, 3.63) is 87.8 Å². The zero-order valence-electron chi connectivity index (χ0n) is 17.2. The van der Waals surface area contributed by atoms with Gasteiger partial charge in [-0.3, -0.25) is 4.99 Å². The molecule has 0 fully saturated rings. The average Bonchev–Trinajstić information content (AvgIpc) is 3.46. The van der Waals surface area contributed by atoms with Crippen LogP contribution in [0.1, 0.15) is 5.76 Å². The fourth-order valence-electron chi connectivity index (χ4n) is 3.28. The minimum atomic E-state index is -0.472. The van der Waals surface area contributed by atoms with E-state index in [0.717, 1.165) is 15.8 Å². The van der Waals surface area contributed by atoms with E-state index in [4.69, 9.17) is 25.2 Å². The van der Waals surface area contributed by atoms with Gasteiger partial charge in [0, 0.05) is 11.1 Å². The molecule has 0 amide bonds. The molecule has 164 valence electrons. The first-order chi connectivity index (χ1) is 16.0. The van der Waals surface area contributed by atoms with Gasteiger partial charge in [-0.2, -0.15) is 0 Å². The number of fused-ring (bicyclic) bond motifs is 1. The summed E-state index contributed by atoms with van der Waals surface area (Å²) in [5.41, 5.74) is 3.55. The summed E-state index contributed by atoms with van der Waals surface area (Å²) in [6.45, 7) is 0. The summed E-state index contributed by atoms with van der Waals surface area (Å²) in [6, 6.07) is 19.1. The molecule has 0 bridgehead atoms. The Labute approximate surface area is 201 Å². The number of oxazole rings is 1. The van der Waals surface area contributed by atoms with Crippen molar-refractivity contribution in [1.82, 2.24) is 4.98 Å². The number of aromatic nitrogens is 1. The van der Waals surface area contributed by atoms with Gasteiger partial charge >= 0.3 is 0 Å². The Balaban J connectivity index is 1.38. The molecule has 5 rings (SSSR count). The molecule has 0 aliphatic carbocycles. The van der Waals surface area contributed by atoms with Gasteiger partial charge in [-0.25, -0.2) is 9.37 Å². The van der Waals surface area contributed by atoms with Crippen LogP contribution in [0, 0.1) is 5.82 Å². The molecule has 3 aromatic carbocycles. The number of rotatable bonds is 5. The van der Waals surface area contributed by atoms with Gasteiger partial charge in [0.05, 0.1) is 28.5 Å². The van der Waals surface area contributed by atoms with E-state index in [9.17, 15) is 4.39 Å². The monoisotopic (exact) mass is 524 g/mol. The third-order valence-corrected chi connectivity index (χ3v) is 5.85. The minimum Gasteiger partial charge on any atom is -0.496 e. The van der Waals surface area contributed by atoms with Crippen LogP contribution in [0.25, 0.3) is 33.9 Å². The van der Waals surface area contributed by atoms with E-state index in [1.165, 1.54) is 12.1 Å². The summed E-state index contributed by atoms with van der Waals surface area (Å²) < 4.78 is 31.1. The Morgan fingerprint density at radius 3 is 2.64 bits per heavy atom. The van der Waals surface area contributed by atoms with Crippen LogP contribution in [0.3, 0.4) is 0 Å². The Kier molecular flexibility index (Phi) is 5.74. The van der Waals surface area contributed by atoms with E-state index in [0.29, 0.717) is 39.8 Å². The van der Waals surface area contributed by atoms with Crippen LogP contribution in [-0.4, -0.2) is 18.3 Å². The van der Waals surface area contributed by atoms with Crippen LogP contribution < -0.4 is 4.74 Å². The minimum absolute atomic E-state index is 0.0430. The molecule has 0 saturated heterocycles. The normalized spacial score (nSPS) is 11.5. The third-order valence-electron chi connectivity index (χ3n) is 4.94. The SMILES string of the molecule is COc1ccc(-c2nc3cc(N=Cc4ccc(-c5ccc(F)c(Cl)c5)o4)ccc3o2)cc1Br. The van der Waals surface area contributed by atoms with Gasteiger partial charge in [-0.05, 0) is 82.7 Å². The molecule has 0 spiro atoms. The smallest absolute Gasteiger partial charge is 0.227 e. The van der Waals surface area contributed by atoms with Crippen molar-refractivity contribution in [2.75, 3.05) is 7.11 Å². The fraction of sp³-hybridized carbons (Fsp3) is 0.0400. The number of benzene rings is 3. The van der Waals surface area contributed by atoms with E-state index in [1.807, 2.05) is 36.4 Å². The van der Waals surface area contributed by atoms with Crippen LogP contribution in [0.2, 0.25) is 5.02 Å². The van der Waals surface area contributed by atoms with E-state index in [2.05, 4.69) is 25.9 Å². The van der Waals surface area contributed by atoms with E-state index in [-0.39, 0.29) is 5.02 Å². The number of nitrogens with zero attached hydrogens (tertiary/aromatic N) is 2. The quantitative estimate of drug-likeness (QED) is 0.218. The molecular weight excluding hydrogens is 511 g/mol. The average molecular weight is 526 g/mol. The molecule has 8 heteroatoms. The number of hydrogen-bond donors (Lipinski definition) is 0. The van der Waals surface area contributed by atoms with Crippen molar-refractivity contribution in [2.24, 2.45) is 4.99 Å². The lowest BCUT2D eigenvalue weighted by Crippen LogP contribution is -1.85. The van der Waals surface area contributed by atoms with E-state index >= 15 is 0 Å². The van der Waals surface area contributed by atoms with Crippen LogP contribution in [0.15, 0.2) is 85.0 Å². The van der Waals surface area contributed by atoms with Crippen LogP contribution >= 0.6 is 27.5 Å².